The molecule has 0 unspecified atom stereocenters. The van der Waals surface area contributed by atoms with Gasteiger partial charge in [-0.2, -0.15) is 0 Å². The molecule has 2 heterocycles. The van der Waals surface area contributed by atoms with E-state index in [-0.39, 0.29) is 10.6 Å². The van der Waals surface area contributed by atoms with Crippen molar-refractivity contribution in [2.24, 2.45) is 0 Å². The van der Waals surface area contributed by atoms with Crippen molar-refractivity contribution >= 4 is 28.1 Å². The first-order valence-electron chi connectivity index (χ1n) is 12.1. The molecule has 0 atom stereocenters. The highest BCUT2D eigenvalue weighted by Gasteiger charge is 2.24. The summed E-state index contributed by atoms with van der Waals surface area (Å²) in [6.45, 7) is 0. The molecular weight excluding hydrogens is 438 g/mol. The summed E-state index contributed by atoms with van der Waals surface area (Å²) >= 11 is 0. The second-order valence-corrected chi connectivity index (χ2v) is 9.07. The number of nitrogens with one attached hydrogen (secondary N) is 1. The van der Waals surface area contributed by atoms with Gasteiger partial charge >= 0.3 is 0 Å². The lowest BCUT2D eigenvalue weighted by atomic mass is 9.95. The molecule has 1 aliphatic rings. The number of rotatable bonds is 5. The van der Waals surface area contributed by atoms with Gasteiger partial charge in [-0.25, -0.2) is 9.97 Å². The van der Waals surface area contributed by atoms with Crippen molar-refractivity contribution in [1.82, 2.24) is 14.4 Å². The van der Waals surface area contributed by atoms with Gasteiger partial charge in [-0.15, -0.1) is 0 Å². The minimum absolute atomic E-state index is 0.0661. The number of non-ortho nitro benzene ring substituents is 1. The number of anilines is 1. The van der Waals surface area contributed by atoms with E-state index < -0.39 is 0 Å². The molecule has 1 fully saturated rings. The maximum Gasteiger partial charge on any atom is 0.269 e. The molecule has 0 amide bonds. The van der Waals surface area contributed by atoms with Crippen molar-refractivity contribution in [1.29, 1.82) is 0 Å². The van der Waals surface area contributed by atoms with Crippen molar-refractivity contribution in [3.8, 4) is 22.6 Å². The Labute approximate surface area is 202 Å². The van der Waals surface area contributed by atoms with E-state index in [0.717, 1.165) is 57.9 Å². The van der Waals surface area contributed by atoms with Crippen molar-refractivity contribution in [3.63, 3.8) is 0 Å². The molecule has 3 aromatic carbocycles. The summed E-state index contributed by atoms with van der Waals surface area (Å²) in [5.74, 6) is 1.70. The fourth-order valence-corrected chi connectivity index (χ4v) is 5.03. The minimum atomic E-state index is -0.375. The summed E-state index contributed by atoms with van der Waals surface area (Å²) in [4.78, 5) is 21.1. The van der Waals surface area contributed by atoms with E-state index in [1.807, 2.05) is 42.5 Å². The molecule has 1 N–H and O–H groups in total. The Balaban J connectivity index is 1.65. The Morgan fingerprint density at radius 2 is 1.54 bits per heavy atom. The van der Waals surface area contributed by atoms with Crippen LogP contribution in [-0.2, 0) is 0 Å². The molecule has 2 aromatic heterocycles. The number of nitrogens with zero attached hydrogens (tertiary/aromatic N) is 4. The number of fused-ring (bicyclic) bond motifs is 3. The highest BCUT2D eigenvalue weighted by atomic mass is 16.6. The van der Waals surface area contributed by atoms with Crippen LogP contribution in [0.4, 0.5) is 11.5 Å². The number of hydrogen-bond acceptors (Lipinski definition) is 5. The number of imidazole rings is 1. The van der Waals surface area contributed by atoms with Crippen LogP contribution in [0.1, 0.15) is 32.1 Å². The van der Waals surface area contributed by atoms with Gasteiger partial charge in [0, 0.05) is 34.7 Å². The number of nitro benzene ring substituents is 1. The Hall–Kier alpha value is -4.26. The summed E-state index contributed by atoms with van der Waals surface area (Å²) in [7, 11) is 0. The van der Waals surface area contributed by atoms with Gasteiger partial charge in [-0.05, 0) is 37.1 Å². The molecule has 1 aliphatic carbocycles. The average Bonchev–Trinajstić information content (AvgIpc) is 3.29. The number of para-hydroxylation sites is 1. The summed E-state index contributed by atoms with van der Waals surface area (Å²) in [5.41, 5.74) is 4.38. The third-order valence-corrected chi connectivity index (χ3v) is 6.79. The van der Waals surface area contributed by atoms with Crippen LogP contribution in [0.25, 0.3) is 39.2 Å². The largest absolute Gasteiger partial charge is 0.367 e. The van der Waals surface area contributed by atoms with E-state index >= 15 is 0 Å². The van der Waals surface area contributed by atoms with Crippen molar-refractivity contribution < 1.29 is 4.92 Å². The monoisotopic (exact) mass is 463 g/mol. The minimum Gasteiger partial charge on any atom is -0.367 e. The van der Waals surface area contributed by atoms with E-state index in [2.05, 4.69) is 21.9 Å². The maximum absolute atomic E-state index is 11.2. The quantitative estimate of drug-likeness (QED) is 0.227. The maximum atomic E-state index is 11.2. The first-order chi connectivity index (χ1) is 17.2. The zero-order valence-electron chi connectivity index (χ0n) is 19.2. The van der Waals surface area contributed by atoms with E-state index in [9.17, 15) is 10.1 Å². The van der Waals surface area contributed by atoms with Gasteiger partial charge in [0.1, 0.15) is 23.0 Å². The lowest BCUT2D eigenvalue weighted by Gasteiger charge is -2.24. The molecule has 0 saturated heterocycles. The molecule has 0 radical (unpaired) electrons. The lowest BCUT2D eigenvalue weighted by Crippen LogP contribution is -2.23. The van der Waals surface area contributed by atoms with Gasteiger partial charge in [0.15, 0.2) is 0 Å². The predicted octanol–water partition coefficient (Wildman–Crippen LogP) is 6.87. The van der Waals surface area contributed by atoms with E-state index in [1.165, 1.54) is 31.4 Å². The average molecular weight is 464 g/mol. The van der Waals surface area contributed by atoms with Crippen molar-refractivity contribution in [3.05, 3.63) is 89.0 Å². The molecule has 0 aliphatic heterocycles. The second-order valence-electron chi connectivity index (χ2n) is 9.07. The topological polar surface area (TPSA) is 85.4 Å². The molecule has 7 heteroatoms. The Bertz CT molecular complexity index is 1520. The van der Waals surface area contributed by atoms with Gasteiger partial charge in [0.25, 0.3) is 5.69 Å². The van der Waals surface area contributed by atoms with Crippen LogP contribution in [0, 0.1) is 10.1 Å². The van der Waals surface area contributed by atoms with E-state index in [1.54, 1.807) is 12.1 Å². The van der Waals surface area contributed by atoms with E-state index in [4.69, 9.17) is 9.97 Å². The Morgan fingerprint density at radius 1 is 0.829 bits per heavy atom. The zero-order valence-corrected chi connectivity index (χ0v) is 19.2. The molecule has 6 rings (SSSR count). The summed E-state index contributed by atoms with van der Waals surface area (Å²) in [6, 6.07) is 25.2. The number of aromatic nitrogens is 3. The lowest BCUT2D eigenvalue weighted by molar-refractivity contribution is -0.384. The highest BCUT2D eigenvalue weighted by Crippen LogP contribution is 2.37. The molecule has 35 heavy (non-hydrogen) atoms. The van der Waals surface area contributed by atoms with Crippen LogP contribution in [0.5, 0.6) is 0 Å². The molecular formula is C28H25N5O2. The number of benzene rings is 3. The molecule has 5 aromatic rings. The first kappa shape index (κ1) is 21.3. The number of hydrogen-bond donors (Lipinski definition) is 1. The van der Waals surface area contributed by atoms with Crippen molar-refractivity contribution in [2.75, 3.05) is 5.32 Å². The Morgan fingerprint density at radius 3 is 2.29 bits per heavy atom. The third kappa shape index (κ3) is 3.89. The number of nitro groups is 1. The summed E-state index contributed by atoms with van der Waals surface area (Å²) in [5, 5.41) is 16.0. The van der Waals surface area contributed by atoms with Crippen LogP contribution in [0.2, 0.25) is 0 Å². The highest BCUT2D eigenvalue weighted by molar-refractivity contribution is 5.96. The second kappa shape index (κ2) is 8.83. The standard InChI is InChI=1S/C28H25N5O2/c34-33(35)22-17-15-19(16-18-22)25-28(29-21-11-5-2-6-12-21)32-26(20-9-3-1-4-10-20)30-24-14-8-7-13-23(24)27(32)31-25/h1,3-4,7-10,13-18,21,29H,2,5-6,11-12H2. The molecule has 174 valence electrons. The van der Waals surface area contributed by atoms with Crippen LogP contribution in [0.3, 0.4) is 0 Å². The van der Waals surface area contributed by atoms with Crippen LogP contribution in [-0.4, -0.2) is 25.3 Å². The fraction of sp³-hybridized carbons (Fsp3) is 0.214. The first-order valence-corrected chi connectivity index (χ1v) is 12.1. The molecule has 7 nitrogen and oxygen atoms in total. The molecule has 0 bridgehead atoms. The van der Waals surface area contributed by atoms with Crippen LogP contribution in [0.15, 0.2) is 78.9 Å². The fourth-order valence-electron chi connectivity index (χ4n) is 5.03. The molecule has 1 saturated carbocycles. The van der Waals surface area contributed by atoms with Gasteiger partial charge in [0.05, 0.1) is 10.4 Å². The van der Waals surface area contributed by atoms with Gasteiger partial charge < -0.3 is 5.32 Å². The van der Waals surface area contributed by atoms with Crippen LogP contribution < -0.4 is 5.32 Å². The zero-order chi connectivity index (χ0) is 23.8. The third-order valence-electron chi connectivity index (χ3n) is 6.79. The normalized spacial score (nSPS) is 14.4. The molecule has 0 spiro atoms. The van der Waals surface area contributed by atoms with Crippen LogP contribution >= 0.6 is 0 Å². The SMILES string of the molecule is O=[N+]([O-])c1ccc(-c2nc3c4ccccc4nc(-c4ccccc4)n3c2NC2CCCCC2)cc1. The summed E-state index contributed by atoms with van der Waals surface area (Å²) in [6.07, 6.45) is 5.88. The van der Waals surface area contributed by atoms with Gasteiger partial charge in [-0.1, -0.05) is 61.7 Å². The Kier molecular flexibility index (Phi) is 5.37. The van der Waals surface area contributed by atoms with Crippen molar-refractivity contribution in [2.45, 2.75) is 38.1 Å². The predicted molar refractivity (Wildman–Crippen MR) is 139 cm³/mol. The smallest absolute Gasteiger partial charge is 0.269 e. The summed E-state index contributed by atoms with van der Waals surface area (Å²) < 4.78 is 2.13. The van der Waals surface area contributed by atoms with Gasteiger partial charge in [-0.3, -0.25) is 14.5 Å². The van der Waals surface area contributed by atoms with E-state index in [0.29, 0.717) is 6.04 Å². The van der Waals surface area contributed by atoms with Gasteiger partial charge in [0.2, 0.25) is 0 Å².